The summed E-state index contributed by atoms with van der Waals surface area (Å²) in [6.07, 6.45) is 0. The van der Waals surface area contributed by atoms with Gasteiger partial charge in [-0.05, 0) is 49.7 Å². The van der Waals surface area contributed by atoms with E-state index in [2.05, 4.69) is 6.07 Å². The third kappa shape index (κ3) is 4.40. The van der Waals surface area contributed by atoms with Crippen LogP contribution in [-0.4, -0.2) is 0 Å². The Morgan fingerprint density at radius 3 is 1.88 bits per heavy atom. The molecule has 5 heteroatoms. The molecule has 25 heavy (non-hydrogen) atoms. The minimum absolute atomic E-state index is 0.431. The van der Waals surface area contributed by atoms with Gasteiger partial charge in [-0.3, -0.25) is 0 Å². The van der Waals surface area contributed by atoms with Gasteiger partial charge >= 0.3 is 0 Å². The molecule has 2 nitrogen and oxygen atoms in total. The predicted octanol–water partition coefficient (Wildman–Crippen LogP) is 7.85. The van der Waals surface area contributed by atoms with Gasteiger partial charge in [0.1, 0.15) is 23.0 Å². The van der Waals surface area contributed by atoms with E-state index >= 15 is 0 Å². The Hall–Kier alpha value is -1.87. The van der Waals surface area contributed by atoms with Gasteiger partial charge in [-0.15, -0.1) is 0 Å². The molecule has 0 aliphatic carbocycles. The number of ether oxygens (including phenoxy) is 2. The molecule has 0 fully saturated rings. The summed E-state index contributed by atoms with van der Waals surface area (Å²) in [6.45, 7) is 4.04. The monoisotopic (exact) mass is 392 g/mol. The number of halogens is 3. The summed E-state index contributed by atoms with van der Waals surface area (Å²) in [6, 6.07) is 16.3. The summed E-state index contributed by atoms with van der Waals surface area (Å²) in [4.78, 5) is 0. The zero-order chi connectivity index (χ0) is 18.0. The van der Waals surface area contributed by atoms with Gasteiger partial charge in [-0.2, -0.15) is 0 Å². The normalized spacial score (nSPS) is 10.6. The fourth-order valence-electron chi connectivity index (χ4n) is 2.34. The molecule has 3 aromatic carbocycles. The van der Waals surface area contributed by atoms with Crippen molar-refractivity contribution in [3.63, 3.8) is 0 Å². The largest absolute Gasteiger partial charge is 0.457 e. The lowest BCUT2D eigenvalue weighted by Gasteiger charge is -2.12. The van der Waals surface area contributed by atoms with E-state index in [1.165, 1.54) is 5.56 Å². The summed E-state index contributed by atoms with van der Waals surface area (Å²) < 4.78 is 11.7. The number of hydrogen-bond acceptors (Lipinski definition) is 2. The van der Waals surface area contributed by atoms with Crippen molar-refractivity contribution in [1.29, 1.82) is 0 Å². The van der Waals surface area contributed by atoms with Gasteiger partial charge in [-0.1, -0.05) is 52.5 Å². The van der Waals surface area contributed by atoms with Crippen molar-refractivity contribution in [2.24, 2.45) is 0 Å². The van der Waals surface area contributed by atoms with Crippen LogP contribution >= 0.6 is 34.8 Å². The zero-order valence-corrected chi connectivity index (χ0v) is 15.9. The second-order valence-corrected chi connectivity index (χ2v) is 6.86. The van der Waals surface area contributed by atoms with E-state index in [1.807, 2.05) is 26.0 Å². The van der Waals surface area contributed by atoms with Gasteiger partial charge in [-0.25, -0.2) is 0 Å². The molecule has 3 aromatic rings. The molecular formula is C20H15Cl3O2. The molecule has 0 bridgehead atoms. The van der Waals surface area contributed by atoms with E-state index in [1.54, 1.807) is 36.4 Å². The smallest absolute Gasteiger partial charge is 0.146 e. The summed E-state index contributed by atoms with van der Waals surface area (Å²) in [5.74, 6) is 2.49. The summed E-state index contributed by atoms with van der Waals surface area (Å²) in [5.41, 5.74) is 2.23. The Morgan fingerprint density at radius 1 is 0.600 bits per heavy atom. The van der Waals surface area contributed by atoms with E-state index in [0.717, 1.165) is 11.3 Å². The average Bonchev–Trinajstić information content (AvgIpc) is 2.56. The Kier molecular flexibility index (Phi) is 5.43. The van der Waals surface area contributed by atoms with Crippen LogP contribution < -0.4 is 9.47 Å². The standard InChI is InChI=1S/C20H15Cl3O2/c1-12-3-7-19(13(2)9-12)25-20-8-5-15(11-18(20)23)24-14-4-6-16(21)17(22)10-14/h3-11H,1-2H3. The molecule has 0 heterocycles. The summed E-state index contributed by atoms with van der Waals surface area (Å²) >= 11 is 18.2. The van der Waals surface area contributed by atoms with Gasteiger partial charge in [0, 0.05) is 12.1 Å². The highest BCUT2D eigenvalue weighted by Gasteiger charge is 2.09. The molecule has 0 N–H and O–H groups in total. The van der Waals surface area contributed by atoms with Crippen LogP contribution in [0.4, 0.5) is 0 Å². The molecule has 0 amide bonds. The summed E-state index contributed by atoms with van der Waals surface area (Å²) in [7, 11) is 0. The Bertz CT molecular complexity index is 923. The van der Waals surface area contributed by atoms with Crippen LogP contribution in [0.3, 0.4) is 0 Å². The lowest BCUT2D eigenvalue weighted by atomic mass is 10.1. The van der Waals surface area contributed by atoms with Crippen LogP contribution in [0.25, 0.3) is 0 Å². The van der Waals surface area contributed by atoms with Crippen molar-refractivity contribution in [3.8, 4) is 23.0 Å². The van der Waals surface area contributed by atoms with Crippen molar-refractivity contribution in [3.05, 3.63) is 80.8 Å². The van der Waals surface area contributed by atoms with Gasteiger partial charge in [0.15, 0.2) is 0 Å². The highest BCUT2D eigenvalue weighted by Crippen LogP contribution is 2.36. The van der Waals surface area contributed by atoms with Crippen molar-refractivity contribution >= 4 is 34.8 Å². The Balaban J connectivity index is 1.79. The minimum Gasteiger partial charge on any atom is -0.457 e. The Morgan fingerprint density at radius 2 is 1.24 bits per heavy atom. The third-order valence-corrected chi connectivity index (χ3v) is 4.61. The first-order valence-corrected chi connectivity index (χ1v) is 8.73. The van der Waals surface area contributed by atoms with Crippen LogP contribution in [0.5, 0.6) is 23.0 Å². The van der Waals surface area contributed by atoms with Crippen molar-refractivity contribution in [2.75, 3.05) is 0 Å². The third-order valence-electron chi connectivity index (χ3n) is 3.58. The number of hydrogen-bond donors (Lipinski definition) is 0. The molecule has 3 rings (SSSR count). The van der Waals surface area contributed by atoms with E-state index in [-0.39, 0.29) is 0 Å². The molecule has 0 radical (unpaired) electrons. The minimum atomic E-state index is 0.431. The SMILES string of the molecule is Cc1ccc(Oc2ccc(Oc3ccc(Cl)c(Cl)c3)cc2Cl)c(C)c1. The van der Waals surface area contributed by atoms with Crippen LogP contribution in [-0.2, 0) is 0 Å². The first-order chi connectivity index (χ1) is 11.9. The molecule has 0 aromatic heterocycles. The molecule has 0 saturated carbocycles. The quantitative estimate of drug-likeness (QED) is 0.449. The maximum atomic E-state index is 6.33. The lowest BCUT2D eigenvalue weighted by Crippen LogP contribution is -1.90. The highest BCUT2D eigenvalue weighted by atomic mass is 35.5. The number of rotatable bonds is 4. The van der Waals surface area contributed by atoms with Gasteiger partial charge in [0.05, 0.1) is 15.1 Å². The second-order valence-electron chi connectivity index (χ2n) is 5.64. The lowest BCUT2D eigenvalue weighted by molar-refractivity contribution is 0.467. The topological polar surface area (TPSA) is 18.5 Å². The van der Waals surface area contributed by atoms with Gasteiger partial charge < -0.3 is 9.47 Å². The summed E-state index contributed by atoms with van der Waals surface area (Å²) in [5, 5.41) is 1.36. The van der Waals surface area contributed by atoms with Gasteiger partial charge in [0.2, 0.25) is 0 Å². The first kappa shape index (κ1) is 17.9. The van der Waals surface area contributed by atoms with Crippen molar-refractivity contribution in [1.82, 2.24) is 0 Å². The molecular weight excluding hydrogens is 379 g/mol. The van der Waals surface area contributed by atoms with Crippen LogP contribution in [0.2, 0.25) is 15.1 Å². The van der Waals surface area contributed by atoms with E-state index in [9.17, 15) is 0 Å². The average molecular weight is 394 g/mol. The van der Waals surface area contributed by atoms with E-state index in [4.69, 9.17) is 44.3 Å². The Labute approximate surface area is 161 Å². The van der Waals surface area contributed by atoms with Crippen LogP contribution in [0.1, 0.15) is 11.1 Å². The second kappa shape index (κ2) is 7.57. The molecule has 128 valence electrons. The van der Waals surface area contributed by atoms with Crippen LogP contribution in [0.15, 0.2) is 54.6 Å². The maximum absolute atomic E-state index is 6.33. The van der Waals surface area contributed by atoms with E-state index in [0.29, 0.717) is 32.3 Å². The van der Waals surface area contributed by atoms with Crippen molar-refractivity contribution < 1.29 is 9.47 Å². The van der Waals surface area contributed by atoms with Crippen LogP contribution in [0, 0.1) is 13.8 Å². The molecule has 0 atom stereocenters. The molecule has 0 aliphatic rings. The fraction of sp³-hybridized carbons (Fsp3) is 0.100. The molecule has 0 aliphatic heterocycles. The van der Waals surface area contributed by atoms with Gasteiger partial charge in [0.25, 0.3) is 0 Å². The molecule has 0 saturated heterocycles. The number of aryl methyl sites for hydroxylation is 2. The zero-order valence-electron chi connectivity index (χ0n) is 13.6. The first-order valence-electron chi connectivity index (χ1n) is 7.60. The highest BCUT2D eigenvalue weighted by molar-refractivity contribution is 6.42. The molecule has 0 spiro atoms. The maximum Gasteiger partial charge on any atom is 0.146 e. The van der Waals surface area contributed by atoms with E-state index < -0.39 is 0 Å². The number of benzene rings is 3. The fourth-order valence-corrected chi connectivity index (χ4v) is 2.83. The predicted molar refractivity (Wildman–Crippen MR) is 104 cm³/mol. The van der Waals surface area contributed by atoms with Crippen molar-refractivity contribution in [2.45, 2.75) is 13.8 Å². The molecule has 0 unspecified atom stereocenters.